The molecule has 0 aliphatic carbocycles. The van der Waals surface area contributed by atoms with Crippen molar-refractivity contribution < 1.29 is 4.79 Å². The quantitative estimate of drug-likeness (QED) is 0.641. The van der Waals surface area contributed by atoms with Gasteiger partial charge in [-0.2, -0.15) is 0 Å². The van der Waals surface area contributed by atoms with Crippen molar-refractivity contribution in [2.45, 2.75) is 6.54 Å². The third-order valence-electron chi connectivity index (χ3n) is 3.65. The summed E-state index contributed by atoms with van der Waals surface area (Å²) >= 11 is 3.41. The molecule has 3 aromatic rings. The number of carbonyl (C=O) groups is 1. The molecule has 0 unspecified atom stereocenters. The number of amides is 1. The van der Waals surface area contributed by atoms with Crippen LogP contribution in [0.5, 0.6) is 0 Å². The Morgan fingerprint density at radius 2 is 1.52 bits per heavy atom. The van der Waals surface area contributed by atoms with E-state index in [-0.39, 0.29) is 5.91 Å². The highest BCUT2D eigenvalue weighted by Gasteiger charge is 2.09. The lowest BCUT2D eigenvalue weighted by atomic mass is 10.1. The molecular weight excluding hydrogens is 374 g/mol. The van der Waals surface area contributed by atoms with E-state index in [1.165, 1.54) is 0 Å². The molecule has 0 atom stereocenters. The summed E-state index contributed by atoms with van der Waals surface area (Å²) in [4.78, 5) is 12.5. The molecule has 1 amide bonds. The first-order valence-corrected chi connectivity index (χ1v) is 8.70. The highest BCUT2D eigenvalue weighted by atomic mass is 79.9. The van der Waals surface area contributed by atoms with Gasteiger partial charge in [-0.1, -0.05) is 70.2 Å². The maximum Gasteiger partial charge on any atom is 0.252 e. The van der Waals surface area contributed by atoms with Crippen molar-refractivity contribution in [2.24, 2.45) is 0 Å². The standard InChI is InChI=1S/C22H16BrNO/c23-20-14-11-17(12-15-20)10-13-19-8-4-5-9-21(19)22(25)24-16-18-6-2-1-3-7-18/h1-9,11-12,14-15H,16H2,(H,24,25). The Bertz CT molecular complexity index is 921. The lowest BCUT2D eigenvalue weighted by molar-refractivity contribution is 0.0950. The Morgan fingerprint density at radius 3 is 2.28 bits per heavy atom. The van der Waals surface area contributed by atoms with Crippen LogP contribution in [0.2, 0.25) is 0 Å². The Balaban J connectivity index is 1.76. The molecular formula is C22H16BrNO. The van der Waals surface area contributed by atoms with Gasteiger partial charge in [0.05, 0.1) is 5.56 Å². The van der Waals surface area contributed by atoms with Gasteiger partial charge < -0.3 is 5.32 Å². The molecule has 0 radical (unpaired) electrons. The molecule has 0 fully saturated rings. The van der Waals surface area contributed by atoms with E-state index in [9.17, 15) is 4.79 Å². The average molecular weight is 390 g/mol. The van der Waals surface area contributed by atoms with Gasteiger partial charge in [-0.3, -0.25) is 4.79 Å². The molecule has 2 nitrogen and oxygen atoms in total. The molecule has 0 heterocycles. The van der Waals surface area contributed by atoms with Crippen molar-refractivity contribution >= 4 is 21.8 Å². The van der Waals surface area contributed by atoms with E-state index in [4.69, 9.17) is 0 Å². The zero-order chi connectivity index (χ0) is 17.5. The van der Waals surface area contributed by atoms with E-state index in [2.05, 4.69) is 33.1 Å². The highest BCUT2D eigenvalue weighted by Crippen LogP contribution is 2.11. The molecule has 0 saturated carbocycles. The molecule has 0 bridgehead atoms. The monoisotopic (exact) mass is 389 g/mol. The van der Waals surface area contributed by atoms with Crippen molar-refractivity contribution in [2.75, 3.05) is 0 Å². The lowest BCUT2D eigenvalue weighted by Gasteiger charge is -2.07. The van der Waals surface area contributed by atoms with E-state index in [0.29, 0.717) is 12.1 Å². The van der Waals surface area contributed by atoms with E-state index in [0.717, 1.165) is 21.2 Å². The second-order valence-electron chi connectivity index (χ2n) is 5.47. The number of hydrogen-bond acceptors (Lipinski definition) is 1. The number of rotatable bonds is 3. The van der Waals surface area contributed by atoms with Gasteiger partial charge in [0.2, 0.25) is 0 Å². The topological polar surface area (TPSA) is 29.1 Å². The van der Waals surface area contributed by atoms with Crippen LogP contribution < -0.4 is 5.32 Å². The molecule has 0 saturated heterocycles. The molecule has 3 aromatic carbocycles. The SMILES string of the molecule is O=C(NCc1ccccc1)c1ccccc1C#Cc1ccc(Br)cc1. The number of hydrogen-bond donors (Lipinski definition) is 1. The van der Waals surface area contributed by atoms with Crippen LogP contribution in [0, 0.1) is 11.8 Å². The Morgan fingerprint density at radius 1 is 0.840 bits per heavy atom. The van der Waals surface area contributed by atoms with Crippen LogP contribution in [0.1, 0.15) is 27.0 Å². The van der Waals surface area contributed by atoms with Gasteiger partial charge in [0.1, 0.15) is 0 Å². The van der Waals surface area contributed by atoms with Gasteiger partial charge in [0.15, 0.2) is 0 Å². The summed E-state index contributed by atoms with van der Waals surface area (Å²) in [7, 11) is 0. The third kappa shape index (κ3) is 4.82. The first kappa shape index (κ1) is 17.0. The molecule has 3 rings (SSSR count). The molecule has 0 spiro atoms. The summed E-state index contributed by atoms with van der Waals surface area (Å²) in [5, 5.41) is 2.95. The van der Waals surface area contributed by atoms with Gasteiger partial charge in [0, 0.05) is 22.1 Å². The Kier molecular flexibility index (Phi) is 5.66. The van der Waals surface area contributed by atoms with Gasteiger partial charge in [0.25, 0.3) is 5.91 Å². The Labute approximate surface area is 156 Å². The van der Waals surface area contributed by atoms with Crippen LogP contribution in [-0.4, -0.2) is 5.91 Å². The summed E-state index contributed by atoms with van der Waals surface area (Å²) in [6, 6.07) is 25.0. The van der Waals surface area contributed by atoms with Gasteiger partial charge in [-0.05, 0) is 42.0 Å². The molecule has 1 N–H and O–H groups in total. The van der Waals surface area contributed by atoms with Crippen LogP contribution in [0.25, 0.3) is 0 Å². The second-order valence-corrected chi connectivity index (χ2v) is 6.39. The molecule has 0 aliphatic rings. The van der Waals surface area contributed by atoms with Crippen molar-refractivity contribution in [3.8, 4) is 11.8 Å². The van der Waals surface area contributed by atoms with E-state index < -0.39 is 0 Å². The fourth-order valence-electron chi connectivity index (χ4n) is 2.34. The second kappa shape index (κ2) is 8.32. The summed E-state index contributed by atoms with van der Waals surface area (Å²) in [5.41, 5.74) is 3.27. The molecule has 3 heteroatoms. The largest absolute Gasteiger partial charge is 0.348 e. The van der Waals surface area contributed by atoms with Crippen LogP contribution in [-0.2, 0) is 6.54 Å². The minimum Gasteiger partial charge on any atom is -0.348 e. The summed E-state index contributed by atoms with van der Waals surface area (Å²) in [5.74, 6) is 6.09. The first-order chi connectivity index (χ1) is 12.2. The number of carbonyl (C=O) groups excluding carboxylic acids is 1. The van der Waals surface area contributed by atoms with Gasteiger partial charge in [-0.25, -0.2) is 0 Å². The van der Waals surface area contributed by atoms with Crippen LogP contribution in [0.15, 0.2) is 83.3 Å². The minimum atomic E-state index is -0.121. The molecule has 25 heavy (non-hydrogen) atoms. The average Bonchev–Trinajstić information content (AvgIpc) is 2.67. The first-order valence-electron chi connectivity index (χ1n) is 7.91. The normalized spacial score (nSPS) is 9.80. The predicted molar refractivity (Wildman–Crippen MR) is 104 cm³/mol. The number of nitrogens with one attached hydrogen (secondary N) is 1. The smallest absolute Gasteiger partial charge is 0.252 e. The van der Waals surface area contributed by atoms with Crippen molar-refractivity contribution in [1.82, 2.24) is 5.32 Å². The fourth-order valence-corrected chi connectivity index (χ4v) is 2.60. The molecule has 0 aromatic heterocycles. The zero-order valence-electron chi connectivity index (χ0n) is 13.5. The lowest BCUT2D eigenvalue weighted by Crippen LogP contribution is -2.23. The van der Waals surface area contributed by atoms with Crippen LogP contribution in [0.3, 0.4) is 0 Å². The van der Waals surface area contributed by atoms with Crippen LogP contribution in [0.4, 0.5) is 0 Å². The highest BCUT2D eigenvalue weighted by molar-refractivity contribution is 9.10. The zero-order valence-corrected chi connectivity index (χ0v) is 15.1. The van der Waals surface area contributed by atoms with E-state index in [1.54, 1.807) is 6.07 Å². The summed E-state index contributed by atoms with van der Waals surface area (Å²) in [6.45, 7) is 0.494. The van der Waals surface area contributed by atoms with Crippen molar-refractivity contribution in [3.63, 3.8) is 0 Å². The maximum absolute atomic E-state index is 12.5. The summed E-state index contributed by atoms with van der Waals surface area (Å²) in [6.07, 6.45) is 0. The van der Waals surface area contributed by atoms with E-state index in [1.807, 2.05) is 72.8 Å². The molecule has 0 aliphatic heterocycles. The van der Waals surface area contributed by atoms with Gasteiger partial charge >= 0.3 is 0 Å². The van der Waals surface area contributed by atoms with E-state index >= 15 is 0 Å². The number of halogens is 1. The fraction of sp³-hybridized carbons (Fsp3) is 0.0455. The summed E-state index contributed by atoms with van der Waals surface area (Å²) < 4.78 is 1.01. The third-order valence-corrected chi connectivity index (χ3v) is 4.18. The minimum absolute atomic E-state index is 0.121. The van der Waals surface area contributed by atoms with Crippen molar-refractivity contribution in [3.05, 3.63) is 106 Å². The Hall–Kier alpha value is -2.83. The maximum atomic E-state index is 12.5. The number of benzene rings is 3. The van der Waals surface area contributed by atoms with Crippen molar-refractivity contribution in [1.29, 1.82) is 0 Å². The van der Waals surface area contributed by atoms with Crippen LogP contribution >= 0.6 is 15.9 Å². The predicted octanol–water partition coefficient (Wildman–Crippen LogP) is 4.78. The molecule has 122 valence electrons. The van der Waals surface area contributed by atoms with Gasteiger partial charge in [-0.15, -0.1) is 0 Å².